The molecular weight excluding hydrogens is 389 g/mol. The van der Waals surface area contributed by atoms with E-state index in [-0.39, 0.29) is 17.4 Å². The molecule has 0 aliphatic rings. The molecule has 0 radical (unpaired) electrons. The van der Waals surface area contributed by atoms with Crippen molar-refractivity contribution >= 4 is 5.91 Å². The lowest BCUT2D eigenvalue weighted by atomic mass is 10.0. The fourth-order valence-electron chi connectivity index (χ4n) is 2.92. The second-order valence-electron chi connectivity index (χ2n) is 6.56. The molecule has 0 aliphatic heterocycles. The maximum absolute atomic E-state index is 14.0. The van der Waals surface area contributed by atoms with Gasteiger partial charge < -0.3 is 15.2 Å². The summed E-state index contributed by atoms with van der Waals surface area (Å²) in [6.07, 6.45) is 3.47. The number of aryl methyl sites for hydroxylation is 1. The third-order valence-electron chi connectivity index (χ3n) is 4.51. The molecule has 0 saturated heterocycles. The Kier molecular flexibility index (Phi) is 6.39. The number of ether oxygens (including phenoxy) is 1. The number of amides is 1. The van der Waals surface area contributed by atoms with Crippen LogP contribution in [0, 0.1) is 24.1 Å². The molecule has 0 fully saturated rings. The molecule has 2 aromatic heterocycles. The number of aromatic hydroxyl groups is 1. The molecule has 9 heteroatoms. The molecule has 1 aromatic carbocycles. The van der Waals surface area contributed by atoms with E-state index in [0.29, 0.717) is 47.6 Å². The van der Waals surface area contributed by atoms with Crippen LogP contribution in [0.1, 0.15) is 27.9 Å². The molecule has 0 unspecified atom stereocenters. The number of halogens is 1. The number of methoxy groups -OCH3 is 1. The highest BCUT2D eigenvalue weighted by molar-refractivity contribution is 5.93. The summed E-state index contributed by atoms with van der Waals surface area (Å²) in [7, 11) is 1.60. The molecule has 30 heavy (non-hydrogen) atoms. The zero-order valence-electron chi connectivity index (χ0n) is 16.5. The van der Waals surface area contributed by atoms with E-state index in [9.17, 15) is 14.3 Å². The van der Waals surface area contributed by atoms with Gasteiger partial charge in [0.15, 0.2) is 5.82 Å². The first-order chi connectivity index (χ1) is 14.5. The van der Waals surface area contributed by atoms with Gasteiger partial charge in [-0.3, -0.25) is 4.79 Å². The van der Waals surface area contributed by atoms with Crippen molar-refractivity contribution < 1.29 is 19.0 Å². The van der Waals surface area contributed by atoms with Gasteiger partial charge in [0, 0.05) is 26.5 Å². The highest BCUT2D eigenvalue weighted by atomic mass is 19.1. The number of hydrogen-bond acceptors (Lipinski definition) is 6. The fraction of sp³-hybridized carbons (Fsp3) is 0.238. The first kappa shape index (κ1) is 21.0. The van der Waals surface area contributed by atoms with E-state index in [1.165, 1.54) is 29.2 Å². The van der Waals surface area contributed by atoms with Crippen molar-refractivity contribution in [3.63, 3.8) is 0 Å². The standard InChI is InChI=1S/C21H20FN5O3/c1-13-8-15(10-23)18(22)9-16(13)17-12-26-27(21(17)29)19-5-4-14(11-25-19)20(28)24-6-3-7-30-2/h4-5,8-9,11-12,29H,3,6-7H2,1-2H3,(H,24,28). The molecule has 0 saturated carbocycles. The molecule has 0 spiro atoms. The molecule has 0 bridgehead atoms. The fourth-order valence-corrected chi connectivity index (χ4v) is 2.92. The monoisotopic (exact) mass is 409 g/mol. The maximum Gasteiger partial charge on any atom is 0.252 e. The molecule has 3 aromatic rings. The van der Waals surface area contributed by atoms with Gasteiger partial charge in [-0.15, -0.1) is 0 Å². The van der Waals surface area contributed by atoms with Crippen LogP contribution in [0.15, 0.2) is 36.7 Å². The van der Waals surface area contributed by atoms with Gasteiger partial charge in [0.1, 0.15) is 11.9 Å². The number of carbonyl (C=O) groups is 1. The summed E-state index contributed by atoms with van der Waals surface area (Å²) in [5, 5.41) is 26.4. The normalized spacial score (nSPS) is 10.6. The maximum atomic E-state index is 14.0. The van der Waals surface area contributed by atoms with E-state index < -0.39 is 5.82 Å². The summed E-state index contributed by atoms with van der Waals surface area (Å²) in [6.45, 7) is 2.75. The molecule has 2 N–H and O–H groups in total. The van der Waals surface area contributed by atoms with E-state index in [1.807, 2.05) is 0 Å². The van der Waals surface area contributed by atoms with Crippen molar-refractivity contribution in [1.29, 1.82) is 5.26 Å². The third-order valence-corrected chi connectivity index (χ3v) is 4.51. The van der Waals surface area contributed by atoms with Crippen LogP contribution in [0.3, 0.4) is 0 Å². The van der Waals surface area contributed by atoms with Gasteiger partial charge in [-0.05, 0) is 48.7 Å². The molecule has 3 rings (SSSR count). The number of nitrogens with zero attached hydrogens (tertiary/aromatic N) is 4. The number of benzene rings is 1. The topological polar surface area (TPSA) is 113 Å². The van der Waals surface area contributed by atoms with E-state index in [1.54, 1.807) is 32.2 Å². The summed E-state index contributed by atoms with van der Waals surface area (Å²) in [6, 6.07) is 7.52. The van der Waals surface area contributed by atoms with Gasteiger partial charge in [-0.25, -0.2) is 9.37 Å². The SMILES string of the molecule is COCCCNC(=O)c1ccc(-n2ncc(-c3cc(F)c(C#N)cc3C)c2O)nc1. The number of pyridine rings is 1. The Balaban J connectivity index is 1.82. The van der Waals surface area contributed by atoms with Crippen LogP contribution in [-0.2, 0) is 4.74 Å². The number of aromatic nitrogens is 3. The van der Waals surface area contributed by atoms with Crippen LogP contribution >= 0.6 is 0 Å². The van der Waals surface area contributed by atoms with E-state index in [2.05, 4.69) is 15.4 Å². The minimum Gasteiger partial charge on any atom is -0.493 e. The van der Waals surface area contributed by atoms with Crippen molar-refractivity contribution in [1.82, 2.24) is 20.1 Å². The largest absolute Gasteiger partial charge is 0.493 e. The van der Waals surface area contributed by atoms with Crippen LogP contribution in [0.5, 0.6) is 5.88 Å². The zero-order valence-corrected chi connectivity index (χ0v) is 16.5. The van der Waals surface area contributed by atoms with Gasteiger partial charge in [-0.2, -0.15) is 15.0 Å². The minimum atomic E-state index is -0.677. The van der Waals surface area contributed by atoms with Crippen molar-refractivity contribution in [3.05, 3.63) is 59.2 Å². The molecule has 8 nitrogen and oxygen atoms in total. The number of nitriles is 1. The lowest BCUT2D eigenvalue weighted by Crippen LogP contribution is -2.25. The van der Waals surface area contributed by atoms with Crippen LogP contribution < -0.4 is 5.32 Å². The van der Waals surface area contributed by atoms with E-state index in [4.69, 9.17) is 10.00 Å². The smallest absolute Gasteiger partial charge is 0.252 e. The Hall–Kier alpha value is -3.77. The predicted molar refractivity (Wildman–Crippen MR) is 107 cm³/mol. The Morgan fingerprint density at radius 2 is 2.13 bits per heavy atom. The minimum absolute atomic E-state index is 0.0686. The van der Waals surface area contributed by atoms with Gasteiger partial charge in [-0.1, -0.05) is 0 Å². The third kappa shape index (κ3) is 4.29. The lowest BCUT2D eigenvalue weighted by molar-refractivity contribution is 0.0948. The second kappa shape index (κ2) is 9.15. The average Bonchev–Trinajstić information content (AvgIpc) is 3.13. The van der Waals surface area contributed by atoms with Crippen molar-refractivity contribution in [2.45, 2.75) is 13.3 Å². The van der Waals surface area contributed by atoms with Crippen molar-refractivity contribution in [3.8, 4) is 28.9 Å². The first-order valence-corrected chi connectivity index (χ1v) is 9.17. The molecule has 1 amide bonds. The van der Waals surface area contributed by atoms with Crippen LogP contribution in [0.2, 0.25) is 0 Å². The zero-order chi connectivity index (χ0) is 21.7. The Morgan fingerprint density at radius 1 is 1.33 bits per heavy atom. The Labute approximate surface area is 172 Å². The summed E-state index contributed by atoms with van der Waals surface area (Å²) in [5.74, 6) is -0.878. The molecule has 2 heterocycles. The van der Waals surface area contributed by atoms with Crippen LogP contribution in [0.4, 0.5) is 4.39 Å². The number of carbonyl (C=O) groups excluding carboxylic acids is 1. The number of nitrogens with one attached hydrogen (secondary N) is 1. The predicted octanol–water partition coefficient (Wildman–Crippen LogP) is 2.73. The summed E-state index contributed by atoms with van der Waals surface area (Å²) in [5.41, 5.74) is 1.64. The van der Waals surface area contributed by atoms with Crippen LogP contribution in [0.25, 0.3) is 16.9 Å². The Bertz CT molecular complexity index is 1100. The second-order valence-corrected chi connectivity index (χ2v) is 6.56. The molecule has 154 valence electrons. The highest BCUT2D eigenvalue weighted by Gasteiger charge is 2.18. The molecule has 0 atom stereocenters. The highest BCUT2D eigenvalue weighted by Crippen LogP contribution is 2.33. The van der Waals surface area contributed by atoms with Crippen molar-refractivity contribution in [2.24, 2.45) is 0 Å². The van der Waals surface area contributed by atoms with E-state index >= 15 is 0 Å². The van der Waals surface area contributed by atoms with Gasteiger partial charge in [0.05, 0.1) is 22.9 Å². The first-order valence-electron chi connectivity index (χ1n) is 9.17. The summed E-state index contributed by atoms with van der Waals surface area (Å²) >= 11 is 0. The lowest BCUT2D eigenvalue weighted by Gasteiger charge is -2.08. The van der Waals surface area contributed by atoms with Gasteiger partial charge in [0.25, 0.3) is 5.91 Å². The van der Waals surface area contributed by atoms with Gasteiger partial charge >= 0.3 is 0 Å². The number of hydrogen-bond donors (Lipinski definition) is 2. The van der Waals surface area contributed by atoms with Crippen molar-refractivity contribution in [2.75, 3.05) is 20.3 Å². The quantitative estimate of drug-likeness (QED) is 0.580. The van der Waals surface area contributed by atoms with E-state index in [0.717, 1.165) is 0 Å². The number of rotatable bonds is 7. The molecular formula is C21H20FN5O3. The van der Waals surface area contributed by atoms with Crippen LogP contribution in [-0.4, -0.2) is 46.0 Å². The Morgan fingerprint density at radius 3 is 2.80 bits per heavy atom. The summed E-state index contributed by atoms with van der Waals surface area (Å²) in [4.78, 5) is 16.3. The van der Waals surface area contributed by atoms with Gasteiger partial charge in [0.2, 0.25) is 5.88 Å². The molecule has 0 aliphatic carbocycles. The average molecular weight is 409 g/mol. The summed E-state index contributed by atoms with van der Waals surface area (Å²) < 4.78 is 20.2.